The highest BCUT2D eigenvalue weighted by molar-refractivity contribution is 4.84. The van der Waals surface area contributed by atoms with Crippen molar-refractivity contribution in [2.75, 3.05) is 14.2 Å². The van der Waals surface area contributed by atoms with Crippen molar-refractivity contribution in [3.05, 3.63) is 0 Å². The Labute approximate surface area is 86.7 Å². The van der Waals surface area contributed by atoms with Crippen LogP contribution in [0.4, 0.5) is 0 Å². The summed E-state index contributed by atoms with van der Waals surface area (Å²) >= 11 is 0. The lowest BCUT2D eigenvalue weighted by Crippen LogP contribution is -2.50. The summed E-state index contributed by atoms with van der Waals surface area (Å²) in [5.41, 5.74) is 0. The lowest BCUT2D eigenvalue weighted by molar-refractivity contribution is -0.267. The summed E-state index contributed by atoms with van der Waals surface area (Å²) in [6.07, 6.45) is 1.16. The molecule has 1 heterocycles. The average molecular weight is 202 g/mol. The summed E-state index contributed by atoms with van der Waals surface area (Å²) < 4.78 is 16.5. The van der Waals surface area contributed by atoms with Crippen LogP contribution in [0, 0.1) is 11.8 Å². The van der Waals surface area contributed by atoms with Crippen molar-refractivity contribution in [2.24, 2.45) is 11.8 Å². The zero-order valence-electron chi connectivity index (χ0n) is 9.82. The van der Waals surface area contributed by atoms with Gasteiger partial charge in [-0.05, 0) is 18.3 Å². The molecular weight excluding hydrogens is 180 g/mol. The second-order valence-corrected chi connectivity index (χ2v) is 4.11. The summed E-state index contributed by atoms with van der Waals surface area (Å²) in [5.74, 6) is 1.000. The maximum Gasteiger partial charge on any atom is 0.183 e. The van der Waals surface area contributed by atoms with Crippen LogP contribution in [0.1, 0.15) is 27.2 Å². The molecule has 0 N–H and O–H groups in total. The number of ether oxygens (including phenoxy) is 3. The van der Waals surface area contributed by atoms with Gasteiger partial charge >= 0.3 is 0 Å². The predicted octanol–water partition coefficient (Wildman–Crippen LogP) is 2.05. The molecule has 1 rings (SSSR count). The lowest BCUT2D eigenvalue weighted by Gasteiger charge is -2.43. The lowest BCUT2D eigenvalue weighted by atomic mass is 9.82. The third-order valence-corrected chi connectivity index (χ3v) is 3.42. The molecule has 0 bridgehead atoms. The van der Waals surface area contributed by atoms with E-state index in [1.54, 1.807) is 14.2 Å². The third kappa shape index (κ3) is 2.10. The van der Waals surface area contributed by atoms with E-state index in [1.165, 1.54) is 0 Å². The molecule has 0 amide bonds. The van der Waals surface area contributed by atoms with E-state index >= 15 is 0 Å². The van der Waals surface area contributed by atoms with Crippen molar-refractivity contribution in [3.63, 3.8) is 0 Å². The molecule has 0 aromatic carbocycles. The van der Waals surface area contributed by atoms with Crippen molar-refractivity contribution in [2.45, 2.75) is 45.7 Å². The molecule has 84 valence electrons. The van der Waals surface area contributed by atoms with Gasteiger partial charge in [0.15, 0.2) is 6.29 Å². The Hall–Kier alpha value is -0.120. The van der Waals surface area contributed by atoms with Gasteiger partial charge in [0.05, 0.1) is 6.10 Å². The van der Waals surface area contributed by atoms with Gasteiger partial charge < -0.3 is 14.2 Å². The zero-order chi connectivity index (χ0) is 10.7. The molecule has 0 aromatic rings. The Balaban J connectivity index is 2.71. The molecule has 14 heavy (non-hydrogen) atoms. The SMILES string of the molecule is CCC1OC(OC)C(OC)C(C)C1C. The third-order valence-electron chi connectivity index (χ3n) is 3.42. The van der Waals surface area contributed by atoms with Crippen molar-refractivity contribution in [1.29, 1.82) is 0 Å². The molecule has 3 heteroatoms. The van der Waals surface area contributed by atoms with Gasteiger partial charge in [0.1, 0.15) is 6.10 Å². The fraction of sp³-hybridized carbons (Fsp3) is 1.00. The molecule has 0 aliphatic carbocycles. The largest absolute Gasteiger partial charge is 0.376 e. The van der Waals surface area contributed by atoms with E-state index in [-0.39, 0.29) is 12.4 Å². The van der Waals surface area contributed by atoms with E-state index in [0.717, 1.165) is 6.42 Å². The molecule has 0 radical (unpaired) electrons. The second-order valence-electron chi connectivity index (χ2n) is 4.11. The molecule has 1 aliphatic rings. The van der Waals surface area contributed by atoms with Gasteiger partial charge in [0.25, 0.3) is 0 Å². The Bertz CT molecular complexity index is 170. The molecule has 5 unspecified atom stereocenters. The minimum atomic E-state index is -0.212. The van der Waals surface area contributed by atoms with E-state index in [1.807, 2.05) is 0 Å². The second kappa shape index (κ2) is 5.10. The van der Waals surface area contributed by atoms with Crippen LogP contribution in [0.3, 0.4) is 0 Å². The topological polar surface area (TPSA) is 27.7 Å². The molecule has 0 spiro atoms. The average Bonchev–Trinajstić information content (AvgIpc) is 2.21. The van der Waals surface area contributed by atoms with Crippen LogP contribution in [-0.2, 0) is 14.2 Å². The van der Waals surface area contributed by atoms with E-state index in [9.17, 15) is 0 Å². The van der Waals surface area contributed by atoms with Crippen molar-refractivity contribution in [1.82, 2.24) is 0 Å². The highest BCUT2D eigenvalue weighted by Gasteiger charge is 2.40. The number of hydrogen-bond acceptors (Lipinski definition) is 3. The smallest absolute Gasteiger partial charge is 0.183 e. The molecule has 1 aliphatic heterocycles. The van der Waals surface area contributed by atoms with E-state index in [4.69, 9.17) is 14.2 Å². The fourth-order valence-electron chi connectivity index (χ4n) is 2.24. The number of hydrogen-bond donors (Lipinski definition) is 0. The van der Waals surface area contributed by atoms with Crippen LogP contribution < -0.4 is 0 Å². The maximum atomic E-state index is 5.82. The van der Waals surface area contributed by atoms with Crippen LogP contribution in [0.15, 0.2) is 0 Å². The molecular formula is C11H22O3. The highest BCUT2D eigenvalue weighted by Crippen LogP contribution is 2.33. The summed E-state index contributed by atoms with van der Waals surface area (Å²) in [6.45, 7) is 6.57. The van der Waals surface area contributed by atoms with Crippen LogP contribution in [-0.4, -0.2) is 32.7 Å². The fourth-order valence-corrected chi connectivity index (χ4v) is 2.24. The number of rotatable bonds is 3. The monoisotopic (exact) mass is 202 g/mol. The van der Waals surface area contributed by atoms with Gasteiger partial charge in [-0.1, -0.05) is 20.8 Å². The molecule has 5 atom stereocenters. The quantitative estimate of drug-likeness (QED) is 0.701. The first kappa shape index (κ1) is 12.0. The first-order valence-corrected chi connectivity index (χ1v) is 5.36. The summed E-state index contributed by atoms with van der Waals surface area (Å²) in [6, 6.07) is 0. The number of methoxy groups -OCH3 is 2. The van der Waals surface area contributed by atoms with E-state index in [2.05, 4.69) is 20.8 Å². The van der Waals surface area contributed by atoms with Crippen molar-refractivity contribution < 1.29 is 14.2 Å². The molecule has 0 aromatic heterocycles. The van der Waals surface area contributed by atoms with Gasteiger partial charge in [0.2, 0.25) is 0 Å². The van der Waals surface area contributed by atoms with Crippen LogP contribution in [0.25, 0.3) is 0 Å². The Morgan fingerprint density at radius 1 is 1.07 bits per heavy atom. The highest BCUT2D eigenvalue weighted by atomic mass is 16.7. The summed E-state index contributed by atoms with van der Waals surface area (Å²) in [4.78, 5) is 0. The van der Waals surface area contributed by atoms with Crippen LogP contribution in [0.2, 0.25) is 0 Å². The normalized spacial score (nSPS) is 43.9. The summed E-state index contributed by atoms with van der Waals surface area (Å²) in [5, 5.41) is 0. The van der Waals surface area contributed by atoms with Gasteiger partial charge in [-0.2, -0.15) is 0 Å². The Morgan fingerprint density at radius 3 is 2.14 bits per heavy atom. The van der Waals surface area contributed by atoms with Gasteiger partial charge in [-0.15, -0.1) is 0 Å². The molecule has 1 fully saturated rings. The minimum absolute atomic E-state index is 0.0535. The predicted molar refractivity (Wildman–Crippen MR) is 55.1 cm³/mol. The maximum absolute atomic E-state index is 5.82. The standard InChI is InChI=1S/C11H22O3/c1-6-9-7(2)8(3)10(12-4)11(13-5)14-9/h7-11H,6H2,1-5H3. The molecule has 0 saturated carbocycles. The van der Waals surface area contributed by atoms with E-state index < -0.39 is 0 Å². The minimum Gasteiger partial charge on any atom is -0.376 e. The van der Waals surface area contributed by atoms with Gasteiger partial charge in [-0.25, -0.2) is 0 Å². The Morgan fingerprint density at radius 2 is 1.71 bits per heavy atom. The van der Waals surface area contributed by atoms with Crippen molar-refractivity contribution >= 4 is 0 Å². The zero-order valence-corrected chi connectivity index (χ0v) is 9.82. The van der Waals surface area contributed by atoms with Crippen LogP contribution in [0.5, 0.6) is 0 Å². The Kier molecular flexibility index (Phi) is 4.35. The molecule has 1 saturated heterocycles. The van der Waals surface area contributed by atoms with E-state index in [0.29, 0.717) is 17.9 Å². The van der Waals surface area contributed by atoms with Crippen molar-refractivity contribution in [3.8, 4) is 0 Å². The van der Waals surface area contributed by atoms with Gasteiger partial charge in [-0.3, -0.25) is 0 Å². The summed E-state index contributed by atoms with van der Waals surface area (Å²) in [7, 11) is 3.39. The van der Waals surface area contributed by atoms with Gasteiger partial charge in [0, 0.05) is 14.2 Å². The first-order chi connectivity index (χ1) is 6.65. The first-order valence-electron chi connectivity index (χ1n) is 5.36. The molecule has 3 nitrogen and oxygen atoms in total. The van der Waals surface area contributed by atoms with Crippen LogP contribution >= 0.6 is 0 Å².